The molecule has 0 heterocycles. The molecule has 0 N–H and O–H groups in total. The Morgan fingerprint density at radius 2 is 0.919 bits per heavy atom. The molecule has 0 spiro atoms. The van der Waals surface area contributed by atoms with E-state index < -0.39 is 75.6 Å². The van der Waals surface area contributed by atoms with Crippen LogP contribution in [0.3, 0.4) is 0 Å². The van der Waals surface area contributed by atoms with E-state index in [0.717, 1.165) is 44.3 Å². The van der Waals surface area contributed by atoms with Crippen molar-refractivity contribution in [1.29, 1.82) is 0 Å². The molecular formula is C39H98NO13PSi8. The van der Waals surface area contributed by atoms with Crippen LogP contribution in [-0.4, -0.2) is 146 Å². The summed E-state index contributed by atoms with van der Waals surface area (Å²) in [6.45, 7) is 43.2. The van der Waals surface area contributed by atoms with Gasteiger partial charge in [-0.25, -0.2) is 0 Å². The molecule has 0 aliphatic carbocycles. The van der Waals surface area contributed by atoms with E-state index in [4.69, 9.17) is 47.6 Å². The third kappa shape index (κ3) is 31.5. The van der Waals surface area contributed by atoms with Gasteiger partial charge in [-0.3, -0.25) is 4.57 Å². The zero-order chi connectivity index (χ0) is 48.2. The molecule has 374 valence electrons. The van der Waals surface area contributed by atoms with Crippen molar-refractivity contribution in [3.8, 4) is 0 Å². The van der Waals surface area contributed by atoms with Gasteiger partial charge in [-0.15, -0.1) is 0 Å². The number of ether oxygens (including phenoxy) is 1. The molecule has 4 atom stereocenters. The highest BCUT2D eigenvalue weighted by Gasteiger charge is 2.51. The second-order valence-electron chi connectivity index (χ2n) is 21.4. The maximum Gasteiger partial charge on any atom is 0.500 e. The number of unbranched alkanes of at least 4 members (excludes halogenated alkanes) is 1. The van der Waals surface area contributed by atoms with Gasteiger partial charge in [0.2, 0.25) is 0 Å². The summed E-state index contributed by atoms with van der Waals surface area (Å²) in [5.41, 5.74) is 0. The fraction of sp³-hybridized carbons (Fsp3) is 1.00. The van der Waals surface area contributed by atoms with Gasteiger partial charge in [0.15, 0.2) is 16.6 Å². The number of likely N-dealkylation sites (N-methyl/N-ethyl adjacent to an activating group) is 1. The molecule has 23 heteroatoms. The Morgan fingerprint density at radius 3 is 1.37 bits per heavy atom. The smallest absolute Gasteiger partial charge is 0.500 e. The van der Waals surface area contributed by atoms with Crippen LogP contribution in [0.1, 0.15) is 59.8 Å². The Bertz CT molecular complexity index is 1260. The first-order valence-corrected chi connectivity index (χ1v) is 47.8. The minimum absolute atomic E-state index is 0.0800. The van der Waals surface area contributed by atoms with Crippen LogP contribution in [0.4, 0.5) is 0 Å². The zero-order valence-electron chi connectivity index (χ0n) is 43.6. The number of rotatable bonds is 39. The number of quaternary nitrogens is 1. The lowest BCUT2D eigenvalue weighted by Gasteiger charge is -2.45. The summed E-state index contributed by atoms with van der Waals surface area (Å²) >= 11 is 0. The summed E-state index contributed by atoms with van der Waals surface area (Å²) in [6.07, 6.45) is 4.70. The summed E-state index contributed by atoms with van der Waals surface area (Å²) in [5.74, 6) is 0. The summed E-state index contributed by atoms with van der Waals surface area (Å²) in [5, 5.41) is 0. The zero-order valence-corrected chi connectivity index (χ0v) is 52.5. The maximum atomic E-state index is 12.5. The van der Waals surface area contributed by atoms with Gasteiger partial charge in [0.25, 0.3) is 7.82 Å². The number of phosphoric acid groups is 1. The lowest BCUT2D eigenvalue weighted by atomic mass is 10.3. The van der Waals surface area contributed by atoms with E-state index in [9.17, 15) is 9.46 Å². The van der Waals surface area contributed by atoms with Crippen LogP contribution < -0.4 is 4.89 Å². The van der Waals surface area contributed by atoms with Crippen LogP contribution in [0.15, 0.2) is 0 Å². The van der Waals surface area contributed by atoms with E-state index >= 15 is 0 Å². The van der Waals surface area contributed by atoms with Crippen LogP contribution in [0.2, 0.25) is 122 Å². The molecule has 62 heavy (non-hydrogen) atoms. The van der Waals surface area contributed by atoms with Crippen LogP contribution in [0.25, 0.3) is 0 Å². The molecule has 4 unspecified atom stereocenters. The molecule has 14 nitrogen and oxygen atoms in total. The molecule has 0 amide bonds. The van der Waals surface area contributed by atoms with Crippen molar-refractivity contribution in [3.05, 3.63) is 0 Å². The lowest BCUT2D eigenvalue weighted by Crippen LogP contribution is -2.62. The van der Waals surface area contributed by atoms with Crippen molar-refractivity contribution < 1.29 is 61.6 Å². The van der Waals surface area contributed by atoms with Gasteiger partial charge < -0.3 is 57.0 Å². The average molecular weight is 1040 g/mol. The van der Waals surface area contributed by atoms with Crippen molar-refractivity contribution in [3.63, 3.8) is 0 Å². The summed E-state index contributed by atoms with van der Waals surface area (Å²) in [7, 11) is -19.9. The molecule has 0 aromatic carbocycles. The first-order chi connectivity index (χ1) is 28.1. The van der Waals surface area contributed by atoms with E-state index in [1.165, 1.54) is 6.04 Å². The van der Waals surface area contributed by atoms with E-state index in [1.54, 1.807) is 0 Å². The Balaban J connectivity index is 6.25. The van der Waals surface area contributed by atoms with Gasteiger partial charge >= 0.3 is 43.0 Å². The molecule has 0 aliphatic rings. The first kappa shape index (κ1) is 63.4. The topological polar surface area (TPSA) is 142 Å². The molecule has 0 radical (unpaired) electrons. The minimum atomic E-state index is -4.44. The fourth-order valence-electron chi connectivity index (χ4n) is 7.69. The lowest BCUT2D eigenvalue weighted by molar-refractivity contribution is -0.890. The molecule has 0 saturated carbocycles. The highest BCUT2D eigenvalue weighted by molar-refractivity contribution is 7.45. The molecule has 0 aromatic heterocycles. The molecule has 0 rings (SSSR count). The number of phosphoric ester groups is 1. The number of hydrogen-bond acceptors (Lipinski definition) is 13. The maximum absolute atomic E-state index is 12.5. The normalized spacial score (nSPS) is 17.7. The third-order valence-electron chi connectivity index (χ3n) is 9.62. The summed E-state index contributed by atoms with van der Waals surface area (Å²) < 4.78 is 84.1. The summed E-state index contributed by atoms with van der Waals surface area (Å²) in [6, 6.07) is 4.23. The molecular weight excluding hydrogens is 946 g/mol. The van der Waals surface area contributed by atoms with Crippen LogP contribution >= 0.6 is 7.82 Å². The fourth-order valence-corrected chi connectivity index (χ4v) is 42.3. The van der Waals surface area contributed by atoms with Gasteiger partial charge in [0.1, 0.15) is 13.2 Å². The average Bonchev–Trinajstić information content (AvgIpc) is 3.03. The van der Waals surface area contributed by atoms with Gasteiger partial charge in [-0.1, -0.05) is 45.5 Å². The van der Waals surface area contributed by atoms with Gasteiger partial charge in [0.05, 0.1) is 33.9 Å². The first-order valence-electron chi connectivity index (χ1n) is 23.5. The van der Waals surface area contributed by atoms with E-state index in [2.05, 4.69) is 113 Å². The van der Waals surface area contributed by atoms with Gasteiger partial charge in [0, 0.05) is 40.5 Å². The van der Waals surface area contributed by atoms with Crippen molar-refractivity contribution in [1.82, 2.24) is 0 Å². The third-order valence-corrected chi connectivity index (χ3v) is 38.6. The van der Waals surface area contributed by atoms with Crippen molar-refractivity contribution in [2.75, 3.05) is 73.4 Å². The second kappa shape index (κ2) is 28.2. The Kier molecular flexibility index (Phi) is 28.9. The molecule has 0 aliphatic heterocycles. The van der Waals surface area contributed by atoms with Crippen molar-refractivity contribution in [2.45, 2.75) is 182 Å². The molecule has 0 fully saturated rings. The highest BCUT2D eigenvalue weighted by atomic mass is 31.2. The molecule has 0 saturated heterocycles. The highest BCUT2D eigenvalue weighted by Crippen LogP contribution is 2.38. The van der Waals surface area contributed by atoms with Gasteiger partial charge in [-0.05, 0) is 130 Å². The number of hydrogen-bond donors (Lipinski definition) is 0. The Labute approximate surface area is 390 Å². The molecule has 0 aromatic rings. The van der Waals surface area contributed by atoms with Crippen molar-refractivity contribution in [2.24, 2.45) is 0 Å². The SMILES string of the molecule is CCCC[N+](C)(C)CCOP(=O)([O-])OCCOCCC[Si](C)(O[Si](C)(C)O[Si](C)(CCC[Si](OCC)(OCC)OCC)O[Si](C)(C)C)O[Si](C)(CCC[Si](C)(C)C)O[Si](C)(C)C. The molecule has 0 bridgehead atoms. The summed E-state index contributed by atoms with van der Waals surface area (Å²) in [4.78, 5) is 12.5. The standard InChI is InChI=1S/C39H98NO13PSi8/c1-21-25-29-40(5,6)30-32-44-54(41,42)45-34-33-43-31-26-36-61(20,53-60(19,50-57(13,14)15)37-27-35-55(7,8)9)52-58(16,17)51-59(18,49-56(10,11)12)38-28-39-62(46-22-2,47-23-3)48-24-4/h21-39H2,1-20H3. The minimum Gasteiger partial charge on any atom is -0.756 e. The largest absolute Gasteiger partial charge is 0.756 e. The Hall–Kier alpha value is 1.45. The predicted octanol–water partition coefficient (Wildman–Crippen LogP) is 10.6. The second-order valence-corrected chi connectivity index (χ2v) is 54.8. The van der Waals surface area contributed by atoms with E-state index in [0.29, 0.717) is 56.0 Å². The van der Waals surface area contributed by atoms with Crippen LogP contribution in [0.5, 0.6) is 0 Å². The van der Waals surface area contributed by atoms with E-state index in [-0.39, 0.29) is 19.8 Å². The van der Waals surface area contributed by atoms with Crippen LogP contribution in [-0.2, 0) is 52.2 Å². The van der Waals surface area contributed by atoms with Crippen LogP contribution in [0, 0.1) is 0 Å². The monoisotopic (exact) mass is 1040 g/mol. The van der Waals surface area contributed by atoms with Gasteiger partial charge in [-0.2, -0.15) is 0 Å². The number of nitrogens with zero attached hydrogens (tertiary/aromatic N) is 1. The van der Waals surface area contributed by atoms with E-state index in [1.807, 2.05) is 20.8 Å². The Morgan fingerprint density at radius 1 is 0.484 bits per heavy atom. The predicted molar refractivity (Wildman–Crippen MR) is 273 cm³/mol. The quantitative estimate of drug-likeness (QED) is 0.0250. The van der Waals surface area contributed by atoms with Crippen molar-refractivity contribution >= 4 is 75.6 Å².